The standard InChI is InChI=1S/C17H13ClFN3O3/c1-8-5-6-9-12(7-8)22(17(20)25)16(24)13(9)15(23)21-11-4-2-3-10(18)14(11)19/h2-7,24H,1H3,(H2,20,25)(H,21,23). The highest BCUT2D eigenvalue weighted by Gasteiger charge is 2.25. The molecule has 128 valence electrons. The van der Waals surface area contributed by atoms with Gasteiger partial charge in [-0.05, 0) is 30.7 Å². The second-order valence-electron chi connectivity index (χ2n) is 5.45. The van der Waals surface area contributed by atoms with Crippen LogP contribution in [0.25, 0.3) is 10.9 Å². The monoisotopic (exact) mass is 361 g/mol. The zero-order valence-corrected chi connectivity index (χ0v) is 13.8. The first-order valence-electron chi connectivity index (χ1n) is 7.20. The maximum absolute atomic E-state index is 14.0. The van der Waals surface area contributed by atoms with Gasteiger partial charge in [-0.15, -0.1) is 0 Å². The molecule has 1 heterocycles. The van der Waals surface area contributed by atoms with Gasteiger partial charge in [-0.25, -0.2) is 13.8 Å². The molecular formula is C17H13ClFN3O3. The molecule has 25 heavy (non-hydrogen) atoms. The summed E-state index contributed by atoms with van der Waals surface area (Å²) in [7, 11) is 0. The molecule has 0 spiro atoms. The van der Waals surface area contributed by atoms with Crippen LogP contribution < -0.4 is 11.1 Å². The molecule has 0 bridgehead atoms. The van der Waals surface area contributed by atoms with Gasteiger partial charge in [0, 0.05) is 5.39 Å². The zero-order chi connectivity index (χ0) is 18.3. The number of rotatable bonds is 2. The molecule has 0 aliphatic rings. The first kappa shape index (κ1) is 16.8. The fourth-order valence-corrected chi connectivity index (χ4v) is 2.79. The normalized spacial score (nSPS) is 10.8. The van der Waals surface area contributed by atoms with Gasteiger partial charge in [0.2, 0.25) is 5.88 Å². The van der Waals surface area contributed by atoms with E-state index in [1.165, 1.54) is 18.2 Å². The molecule has 0 atom stereocenters. The van der Waals surface area contributed by atoms with Crippen LogP contribution in [0.5, 0.6) is 5.88 Å². The molecule has 3 rings (SSSR count). The quantitative estimate of drug-likeness (QED) is 0.650. The minimum absolute atomic E-state index is 0.149. The van der Waals surface area contributed by atoms with E-state index in [4.69, 9.17) is 17.3 Å². The van der Waals surface area contributed by atoms with E-state index < -0.39 is 23.6 Å². The highest BCUT2D eigenvalue weighted by atomic mass is 35.5. The molecule has 3 aromatic rings. The Hall–Kier alpha value is -3.06. The lowest BCUT2D eigenvalue weighted by Gasteiger charge is -2.07. The van der Waals surface area contributed by atoms with Gasteiger partial charge in [-0.1, -0.05) is 29.8 Å². The lowest BCUT2D eigenvalue weighted by Crippen LogP contribution is -2.19. The number of nitrogens with two attached hydrogens (primary N) is 1. The number of nitrogens with zero attached hydrogens (tertiary/aromatic N) is 1. The van der Waals surface area contributed by atoms with Crippen LogP contribution >= 0.6 is 11.6 Å². The van der Waals surface area contributed by atoms with Crippen LogP contribution in [-0.2, 0) is 0 Å². The SMILES string of the molecule is Cc1ccc2c(C(=O)Nc3cccc(Cl)c3F)c(O)n(C(N)=O)c2c1. The van der Waals surface area contributed by atoms with Crippen molar-refractivity contribution in [2.24, 2.45) is 5.73 Å². The molecule has 2 amide bonds. The molecule has 2 aromatic carbocycles. The van der Waals surface area contributed by atoms with Crippen molar-refractivity contribution in [2.45, 2.75) is 6.92 Å². The van der Waals surface area contributed by atoms with E-state index in [1.807, 2.05) is 0 Å². The Morgan fingerprint density at radius 3 is 2.68 bits per heavy atom. The Morgan fingerprint density at radius 2 is 2.00 bits per heavy atom. The molecule has 0 radical (unpaired) electrons. The smallest absolute Gasteiger partial charge is 0.326 e. The first-order valence-corrected chi connectivity index (χ1v) is 7.58. The minimum Gasteiger partial charge on any atom is -0.494 e. The predicted octanol–water partition coefficient (Wildman–Crippen LogP) is 3.63. The molecule has 0 saturated carbocycles. The Balaban J connectivity index is 2.15. The number of anilines is 1. The van der Waals surface area contributed by atoms with Crippen molar-refractivity contribution in [1.29, 1.82) is 0 Å². The van der Waals surface area contributed by atoms with E-state index in [0.29, 0.717) is 5.39 Å². The number of aryl methyl sites for hydroxylation is 1. The van der Waals surface area contributed by atoms with Gasteiger partial charge in [0.15, 0.2) is 5.82 Å². The van der Waals surface area contributed by atoms with Crippen molar-refractivity contribution < 1.29 is 19.1 Å². The van der Waals surface area contributed by atoms with Crippen molar-refractivity contribution in [3.8, 4) is 5.88 Å². The molecular weight excluding hydrogens is 349 g/mol. The van der Waals surface area contributed by atoms with Gasteiger partial charge in [0.25, 0.3) is 5.91 Å². The summed E-state index contributed by atoms with van der Waals surface area (Å²) in [6.07, 6.45) is 0. The van der Waals surface area contributed by atoms with Gasteiger partial charge in [0.1, 0.15) is 5.56 Å². The number of aromatic nitrogens is 1. The Bertz CT molecular complexity index is 1030. The van der Waals surface area contributed by atoms with Crippen molar-refractivity contribution in [1.82, 2.24) is 4.57 Å². The summed E-state index contributed by atoms with van der Waals surface area (Å²) in [6.45, 7) is 1.79. The van der Waals surface area contributed by atoms with Gasteiger partial charge in [0.05, 0.1) is 16.2 Å². The average molecular weight is 362 g/mol. The number of nitrogens with one attached hydrogen (secondary N) is 1. The van der Waals surface area contributed by atoms with Crippen LogP contribution in [0.3, 0.4) is 0 Å². The Morgan fingerprint density at radius 1 is 1.28 bits per heavy atom. The number of hydrogen-bond acceptors (Lipinski definition) is 3. The highest BCUT2D eigenvalue weighted by molar-refractivity contribution is 6.31. The molecule has 0 aliphatic carbocycles. The van der Waals surface area contributed by atoms with Crippen LogP contribution in [0.1, 0.15) is 15.9 Å². The maximum atomic E-state index is 14.0. The average Bonchev–Trinajstić information content (AvgIpc) is 2.83. The van der Waals surface area contributed by atoms with Crippen molar-refractivity contribution >= 4 is 40.1 Å². The van der Waals surface area contributed by atoms with E-state index in [0.717, 1.165) is 10.1 Å². The fourth-order valence-electron chi connectivity index (χ4n) is 2.62. The third kappa shape index (κ3) is 2.78. The summed E-state index contributed by atoms with van der Waals surface area (Å²) in [5.41, 5.74) is 6.04. The summed E-state index contributed by atoms with van der Waals surface area (Å²) in [5.74, 6) is -2.22. The number of benzene rings is 2. The first-order chi connectivity index (χ1) is 11.8. The number of fused-ring (bicyclic) bond motifs is 1. The lowest BCUT2D eigenvalue weighted by molar-refractivity contribution is 0.102. The van der Waals surface area contributed by atoms with Crippen LogP contribution in [0.15, 0.2) is 36.4 Å². The van der Waals surface area contributed by atoms with E-state index in [2.05, 4.69) is 5.32 Å². The number of halogens is 2. The third-order valence-electron chi connectivity index (χ3n) is 3.75. The molecule has 0 aliphatic heterocycles. The lowest BCUT2D eigenvalue weighted by atomic mass is 10.1. The molecule has 0 fully saturated rings. The fraction of sp³-hybridized carbons (Fsp3) is 0.0588. The van der Waals surface area contributed by atoms with E-state index in [1.54, 1.807) is 25.1 Å². The molecule has 4 N–H and O–H groups in total. The number of primary amides is 1. The third-order valence-corrected chi connectivity index (χ3v) is 4.04. The van der Waals surface area contributed by atoms with Crippen molar-refractivity contribution in [3.63, 3.8) is 0 Å². The molecule has 6 nitrogen and oxygen atoms in total. The second kappa shape index (κ2) is 6.10. The number of aromatic hydroxyl groups is 1. The Kier molecular flexibility index (Phi) is 4.10. The summed E-state index contributed by atoms with van der Waals surface area (Å²) in [6, 6.07) is 8.09. The van der Waals surface area contributed by atoms with E-state index in [9.17, 15) is 19.1 Å². The molecule has 8 heteroatoms. The largest absolute Gasteiger partial charge is 0.494 e. The summed E-state index contributed by atoms with van der Waals surface area (Å²) < 4.78 is 14.8. The summed E-state index contributed by atoms with van der Waals surface area (Å²) in [4.78, 5) is 24.2. The summed E-state index contributed by atoms with van der Waals surface area (Å²) >= 11 is 5.69. The van der Waals surface area contributed by atoms with E-state index >= 15 is 0 Å². The van der Waals surface area contributed by atoms with Crippen LogP contribution in [-0.4, -0.2) is 21.6 Å². The van der Waals surface area contributed by atoms with Crippen molar-refractivity contribution in [3.05, 3.63) is 58.4 Å². The van der Waals surface area contributed by atoms with Crippen LogP contribution in [0.4, 0.5) is 14.9 Å². The second-order valence-corrected chi connectivity index (χ2v) is 5.86. The molecule has 1 aromatic heterocycles. The molecule has 0 unspecified atom stereocenters. The topological polar surface area (TPSA) is 97.3 Å². The van der Waals surface area contributed by atoms with Gasteiger partial charge in [-0.3, -0.25) is 4.79 Å². The number of carbonyl (C=O) groups is 2. The van der Waals surface area contributed by atoms with Crippen LogP contribution in [0.2, 0.25) is 5.02 Å². The number of hydrogen-bond donors (Lipinski definition) is 3. The van der Waals surface area contributed by atoms with Gasteiger partial charge in [-0.2, -0.15) is 0 Å². The summed E-state index contributed by atoms with van der Waals surface area (Å²) in [5, 5.41) is 12.8. The zero-order valence-electron chi connectivity index (χ0n) is 13.0. The van der Waals surface area contributed by atoms with Gasteiger partial charge >= 0.3 is 6.03 Å². The van der Waals surface area contributed by atoms with Crippen LogP contribution in [0, 0.1) is 12.7 Å². The number of carbonyl (C=O) groups excluding carboxylic acids is 2. The van der Waals surface area contributed by atoms with Gasteiger partial charge < -0.3 is 16.2 Å². The Labute approximate surface area is 146 Å². The maximum Gasteiger partial charge on any atom is 0.326 e. The molecule has 0 saturated heterocycles. The minimum atomic E-state index is -0.943. The number of amides is 2. The van der Waals surface area contributed by atoms with E-state index in [-0.39, 0.29) is 21.8 Å². The van der Waals surface area contributed by atoms with Crippen molar-refractivity contribution in [2.75, 3.05) is 5.32 Å². The predicted molar refractivity (Wildman–Crippen MR) is 92.7 cm³/mol. The highest BCUT2D eigenvalue weighted by Crippen LogP contribution is 2.33.